The van der Waals surface area contributed by atoms with E-state index in [2.05, 4.69) is 10.3 Å². The summed E-state index contributed by atoms with van der Waals surface area (Å²) in [5.74, 6) is -2.35. The van der Waals surface area contributed by atoms with Crippen LogP contribution in [0.25, 0.3) is 0 Å². The van der Waals surface area contributed by atoms with Crippen molar-refractivity contribution in [1.29, 1.82) is 0 Å². The predicted molar refractivity (Wildman–Crippen MR) is 107 cm³/mol. The molecule has 9 heteroatoms. The summed E-state index contributed by atoms with van der Waals surface area (Å²) in [6.45, 7) is 6.28. The van der Waals surface area contributed by atoms with E-state index in [-0.39, 0.29) is 23.1 Å². The predicted octanol–water partition coefficient (Wildman–Crippen LogP) is 2.66. The van der Waals surface area contributed by atoms with Gasteiger partial charge >= 0.3 is 11.9 Å². The molecule has 8 nitrogen and oxygen atoms in total. The van der Waals surface area contributed by atoms with Crippen LogP contribution in [-0.4, -0.2) is 48.4 Å². The van der Waals surface area contributed by atoms with Gasteiger partial charge in [0.2, 0.25) is 5.78 Å². The molecule has 0 bridgehead atoms. The molecule has 1 unspecified atom stereocenters. The number of ketones is 1. The van der Waals surface area contributed by atoms with Crippen molar-refractivity contribution in [3.8, 4) is 0 Å². The summed E-state index contributed by atoms with van der Waals surface area (Å²) in [5, 5.41) is 4.41. The van der Waals surface area contributed by atoms with Crippen molar-refractivity contribution in [2.75, 3.05) is 13.7 Å². The number of nitrogens with one attached hydrogen (secondary N) is 2. The summed E-state index contributed by atoms with van der Waals surface area (Å²) < 4.78 is 9.87. The van der Waals surface area contributed by atoms with Crippen LogP contribution >= 0.6 is 11.3 Å². The maximum absolute atomic E-state index is 12.5. The smallest absolute Gasteiger partial charge is 0.339 e. The van der Waals surface area contributed by atoms with Crippen LogP contribution in [0.2, 0.25) is 0 Å². The first-order valence-corrected chi connectivity index (χ1v) is 9.87. The highest BCUT2D eigenvalue weighted by Gasteiger charge is 2.28. The van der Waals surface area contributed by atoms with E-state index in [1.165, 1.54) is 18.4 Å². The summed E-state index contributed by atoms with van der Waals surface area (Å²) in [7, 11) is 1.26. The Morgan fingerprint density at radius 3 is 2.45 bits per heavy atom. The van der Waals surface area contributed by atoms with E-state index in [9.17, 15) is 19.2 Å². The molecule has 0 aliphatic rings. The molecule has 2 rings (SSSR count). The molecule has 1 amide bonds. The van der Waals surface area contributed by atoms with Crippen molar-refractivity contribution in [1.82, 2.24) is 10.3 Å². The van der Waals surface area contributed by atoms with Crippen LogP contribution in [0, 0.1) is 19.8 Å². The summed E-state index contributed by atoms with van der Waals surface area (Å²) in [5.41, 5.74) is 1.39. The lowest BCUT2D eigenvalue weighted by molar-refractivity contribution is -0.145. The highest BCUT2D eigenvalue weighted by molar-refractivity contribution is 7.12. The van der Waals surface area contributed by atoms with E-state index in [0.717, 1.165) is 0 Å². The zero-order valence-corrected chi connectivity index (χ0v) is 17.8. The molecule has 0 aliphatic heterocycles. The molecule has 1 atom stereocenters. The van der Waals surface area contributed by atoms with E-state index >= 15 is 0 Å². The van der Waals surface area contributed by atoms with Gasteiger partial charge in [0.15, 0.2) is 6.61 Å². The molecule has 29 heavy (non-hydrogen) atoms. The van der Waals surface area contributed by atoms with Gasteiger partial charge in [-0.1, -0.05) is 19.9 Å². The molecule has 0 saturated carbocycles. The topological polar surface area (TPSA) is 115 Å². The molecule has 2 aromatic heterocycles. The number of aromatic amines is 1. The highest BCUT2D eigenvalue weighted by atomic mass is 32.1. The van der Waals surface area contributed by atoms with Gasteiger partial charge < -0.3 is 19.8 Å². The largest absolute Gasteiger partial charge is 0.465 e. The number of H-pyrrole nitrogens is 1. The third kappa shape index (κ3) is 5.11. The normalized spacial score (nSPS) is 11.8. The van der Waals surface area contributed by atoms with Crippen LogP contribution in [0.5, 0.6) is 0 Å². The number of amides is 1. The Kier molecular flexibility index (Phi) is 7.33. The van der Waals surface area contributed by atoms with Gasteiger partial charge in [-0.05, 0) is 36.8 Å². The fraction of sp³-hybridized carbons (Fsp3) is 0.400. The second-order valence-electron chi connectivity index (χ2n) is 6.82. The van der Waals surface area contributed by atoms with Gasteiger partial charge in [-0.2, -0.15) is 0 Å². The Morgan fingerprint density at radius 2 is 1.90 bits per heavy atom. The molecule has 156 valence electrons. The Balaban J connectivity index is 2.05. The Bertz CT molecular complexity index is 914. The molecule has 0 aromatic carbocycles. The van der Waals surface area contributed by atoms with Crippen LogP contribution in [0.1, 0.15) is 55.6 Å². The molecule has 0 spiro atoms. The monoisotopic (exact) mass is 420 g/mol. The first-order valence-electron chi connectivity index (χ1n) is 8.99. The maximum Gasteiger partial charge on any atom is 0.339 e. The molecule has 0 saturated heterocycles. The number of rotatable bonds is 8. The Hall–Kier alpha value is -2.94. The number of hydrogen-bond donors (Lipinski definition) is 2. The highest BCUT2D eigenvalue weighted by Crippen LogP contribution is 2.19. The minimum absolute atomic E-state index is 0.180. The van der Waals surface area contributed by atoms with Gasteiger partial charge in [-0.15, -0.1) is 11.3 Å². The van der Waals surface area contributed by atoms with E-state index in [1.54, 1.807) is 45.2 Å². The van der Waals surface area contributed by atoms with Gasteiger partial charge in [0.1, 0.15) is 6.04 Å². The molecule has 2 aromatic rings. The number of ether oxygens (including phenoxy) is 2. The van der Waals surface area contributed by atoms with E-state index in [0.29, 0.717) is 16.1 Å². The standard InChI is InChI=1S/C20H24N2O6S/c1-10(2)16(22-18(24)14-7-6-8-29-14)20(26)28-9-13(23)17-11(3)15(12(4)21-17)19(25)27-5/h6-8,10,16,21H,9H2,1-5H3,(H,22,24). The van der Waals surface area contributed by atoms with Crippen molar-refractivity contribution >= 4 is 35.0 Å². The second-order valence-corrected chi connectivity index (χ2v) is 7.77. The van der Waals surface area contributed by atoms with Crippen LogP contribution in [0.4, 0.5) is 0 Å². The fourth-order valence-corrected chi connectivity index (χ4v) is 3.48. The first kappa shape index (κ1) is 22.4. The maximum atomic E-state index is 12.5. The minimum Gasteiger partial charge on any atom is -0.465 e. The molecular formula is C20H24N2O6S. The summed E-state index contributed by atoms with van der Waals surface area (Å²) in [6, 6.07) is 2.50. The molecule has 0 aliphatic carbocycles. The van der Waals surface area contributed by atoms with Gasteiger partial charge in [0, 0.05) is 5.69 Å². The van der Waals surface area contributed by atoms with Crippen molar-refractivity contribution in [2.45, 2.75) is 33.7 Å². The summed E-state index contributed by atoms with van der Waals surface area (Å²) in [4.78, 5) is 52.4. The lowest BCUT2D eigenvalue weighted by Crippen LogP contribution is -2.45. The zero-order valence-electron chi connectivity index (χ0n) is 17.0. The van der Waals surface area contributed by atoms with Crippen molar-refractivity contribution < 1.29 is 28.7 Å². The third-order valence-corrected chi connectivity index (χ3v) is 5.27. The van der Waals surface area contributed by atoms with Crippen LogP contribution in [-0.2, 0) is 14.3 Å². The van der Waals surface area contributed by atoms with Gasteiger partial charge in [-0.3, -0.25) is 9.59 Å². The molecule has 0 radical (unpaired) electrons. The molecule has 0 fully saturated rings. The number of carbonyl (C=O) groups excluding carboxylic acids is 4. The minimum atomic E-state index is -0.894. The number of thiophene rings is 1. The first-order chi connectivity index (χ1) is 13.7. The van der Waals surface area contributed by atoms with Gasteiger partial charge in [0.05, 0.1) is 23.2 Å². The number of aromatic nitrogens is 1. The summed E-state index contributed by atoms with van der Waals surface area (Å²) in [6.07, 6.45) is 0. The van der Waals surface area contributed by atoms with Crippen molar-refractivity contribution in [3.05, 3.63) is 44.9 Å². The Labute approximate surface area is 172 Å². The molecule has 2 heterocycles. The fourth-order valence-electron chi connectivity index (χ4n) is 2.85. The SMILES string of the molecule is COC(=O)c1c(C)[nH]c(C(=O)COC(=O)C(NC(=O)c2cccs2)C(C)C)c1C. The number of hydrogen-bond acceptors (Lipinski definition) is 7. The number of esters is 2. The van der Waals surface area contributed by atoms with Crippen molar-refractivity contribution in [3.63, 3.8) is 0 Å². The third-order valence-electron chi connectivity index (χ3n) is 4.40. The average molecular weight is 420 g/mol. The lowest BCUT2D eigenvalue weighted by Gasteiger charge is -2.20. The quantitative estimate of drug-likeness (QED) is 0.501. The average Bonchev–Trinajstić information content (AvgIpc) is 3.31. The second kappa shape index (κ2) is 9.51. The number of carbonyl (C=O) groups is 4. The van der Waals surface area contributed by atoms with Crippen LogP contribution in [0.15, 0.2) is 17.5 Å². The van der Waals surface area contributed by atoms with Crippen LogP contribution < -0.4 is 5.32 Å². The number of methoxy groups -OCH3 is 1. The Morgan fingerprint density at radius 1 is 1.21 bits per heavy atom. The molecule has 2 N–H and O–H groups in total. The van der Waals surface area contributed by atoms with Gasteiger partial charge in [0.25, 0.3) is 5.91 Å². The van der Waals surface area contributed by atoms with E-state index in [1.807, 2.05) is 0 Å². The number of aryl methyl sites for hydroxylation is 1. The van der Waals surface area contributed by atoms with Gasteiger partial charge in [-0.25, -0.2) is 9.59 Å². The summed E-state index contributed by atoms with van der Waals surface area (Å²) >= 11 is 1.26. The van der Waals surface area contributed by atoms with Crippen molar-refractivity contribution in [2.24, 2.45) is 5.92 Å². The zero-order chi connectivity index (χ0) is 21.7. The lowest BCUT2D eigenvalue weighted by atomic mass is 10.0. The van der Waals surface area contributed by atoms with E-state index in [4.69, 9.17) is 9.47 Å². The molecular weight excluding hydrogens is 396 g/mol. The number of Topliss-reactive ketones (excluding diaryl/α,β-unsaturated/α-hetero) is 1. The van der Waals surface area contributed by atoms with Crippen LogP contribution in [0.3, 0.4) is 0 Å². The van der Waals surface area contributed by atoms with E-state index < -0.39 is 30.4 Å².